The average molecular weight is 285 g/mol. The number of benzene rings is 1. The minimum atomic E-state index is -0.528. The van der Waals surface area contributed by atoms with Crippen LogP contribution in [0.1, 0.15) is 37.7 Å². The number of rotatable bonds is 4. The fourth-order valence-corrected chi connectivity index (χ4v) is 4.97. The van der Waals surface area contributed by atoms with Crippen molar-refractivity contribution in [2.24, 2.45) is 16.7 Å². The molecule has 0 aromatic heterocycles. The molecule has 112 valence electrons. The van der Waals surface area contributed by atoms with Gasteiger partial charge in [-0.05, 0) is 62.1 Å². The molecule has 2 bridgehead atoms. The van der Waals surface area contributed by atoms with Gasteiger partial charge in [0, 0.05) is 6.54 Å². The van der Waals surface area contributed by atoms with Crippen LogP contribution in [0.15, 0.2) is 30.3 Å². The Bertz CT molecular complexity index is 529. The van der Waals surface area contributed by atoms with Gasteiger partial charge in [-0.1, -0.05) is 30.3 Å². The molecule has 3 aliphatic carbocycles. The summed E-state index contributed by atoms with van der Waals surface area (Å²) in [4.78, 5) is 14.4. The molecule has 1 heterocycles. The van der Waals surface area contributed by atoms with Gasteiger partial charge in [0.25, 0.3) is 0 Å². The van der Waals surface area contributed by atoms with Gasteiger partial charge in [0.05, 0.1) is 5.41 Å². The second-order valence-electron chi connectivity index (χ2n) is 7.41. The summed E-state index contributed by atoms with van der Waals surface area (Å²) in [6.45, 7) is 2.80. The average Bonchev–Trinajstić information content (AvgIpc) is 2.38. The Morgan fingerprint density at radius 3 is 2.24 bits per heavy atom. The Balaban J connectivity index is 1.44. The molecule has 1 aromatic rings. The number of aliphatic carboxylic acids is 1. The number of hydrogen-bond acceptors (Lipinski definition) is 2. The minimum Gasteiger partial charge on any atom is -0.481 e. The van der Waals surface area contributed by atoms with Crippen LogP contribution in [0, 0.1) is 16.7 Å². The number of likely N-dealkylation sites (tertiary alicyclic amines) is 1. The zero-order chi connectivity index (χ0) is 14.5. The second-order valence-corrected chi connectivity index (χ2v) is 7.41. The second kappa shape index (κ2) is 4.57. The topological polar surface area (TPSA) is 40.5 Å². The van der Waals surface area contributed by atoms with Gasteiger partial charge in [0.15, 0.2) is 0 Å². The van der Waals surface area contributed by atoms with E-state index in [0.717, 1.165) is 38.4 Å². The van der Waals surface area contributed by atoms with Crippen molar-refractivity contribution in [1.82, 2.24) is 4.90 Å². The zero-order valence-electron chi connectivity index (χ0n) is 12.4. The van der Waals surface area contributed by atoms with E-state index in [0.29, 0.717) is 0 Å². The standard InChI is InChI=1S/C18H23NO2/c20-16(21)18(17-10-15(11-17)12-17)6-8-19(9-7-18)13-14-4-2-1-3-5-14/h1-5,15H,6-13H2,(H,20,21). The normalized spacial score (nSPS) is 33.8. The highest BCUT2D eigenvalue weighted by atomic mass is 16.4. The summed E-state index contributed by atoms with van der Waals surface area (Å²) in [7, 11) is 0. The van der Waals surface area contributed by atoms with Gasteiger partial charge >= 0.3 is 5.97 Å². The van der Waals surface area contributed by atoms with E-state index in [2.05, 4.69) is 29.2 Å². The quantitative estimate of drug-likeness (QED) is 0.924. The predicted molar refractivity (Wildman–Crippen MR) is 80.8 cm³/mol. The van der Waals surface area contributed by atoms with Crippen LogP contribution in [-0.4, -0.2) is 29.1 Å². The number of nitrogens with zero attached hydrogens (tertiary/aromatic N) is 1. The van der Waals surface area contributed by atoms with E-state index in [1.807, 2.05) is 6.07 Å². The van der Waals surface area contributed by atoms with Crippen LogP contribution < -0.4 is 0 Å². The van der Waals surface area contributed by atoms with Crippen LogP contribution in [-0.2, 0) is 11.3 Å². The van der Waals surface area contributed by atoms with E-state index in [1.54, 1.807) is 0 Å². The van der Waals surface area contributed by atoms with Gasteiger partial charge in [0.2, 0.25) is 0 Å². The maximum atomic E-state index is 12.0. The molecule has 21 heavy (non-hydrogen) atoms. The Morgan fingerprint density at radius 1 is 1.14 bits per heavy atom. The number of carboxylic acid groups (broad SMARTS) is 1. The van der Waals surface area contributed by atoms with E-state index in [4.69, 9.17) is 0 Å². The maximum Gasteiger partial charge on any atom is 0.310 e. The van der Waals surface area contributed by atoms with Gasteiger partial charge in [-0.25, -0.2) is 0 Å². The monoisotopic (exact) mass is 285 g/mol. The number of piperidine rings is 1. The summed E-state index contributed by atoms with van der Waals surface area (Å²) in [6, 6.07) is 10.5. The molecule has 0 atom stereocenters. The van der Waals surface area contributed by atoms with Crippen LogP contribution in [0.5, 0.6) is 0 Å². The molecule has 3 nitrogen and oxygen atoms in total. The zero-order valence-corrected chi connectivity index (χ0v) is 12.4. The third kappa shape index (κ3) is 1.87. The van der Waals surface area contributed by atoms with Crippen molar-refractivity contribution < 1.29 is 9.90 Å². The minimum absolute atomic E-state index is 0.169. The van der Waals surface area contributed by atoms with E-state index in [9.17, 15) is 9.90 Å². The van der Waals surface area contributed by atoms with E-state index >= 15 is 0 Å². The first-order valence-electron chi connectivity index (χ1n) is 8.13. The Kier molecular flexibility index (Phi) is 2.90. The summed E-state index contributed by atoms with van der Waals surface area (Å²) in [5, 5.41) is 9.87. The molecule has 3 saturated carbocycles. The molecule has 1 N–H and O–H groups in total. The Labute approximate surface area is 126 Å². The van der Waals surface area contributed by atoms with Crippen molar-refractivity contribution in [3.05, 3.63) is 35.9 Å². The van der Waals surface area contributed by atoms with Crippen LogP contribution in [0.3, 0.4) is 0 Å². The molecule has 1 aromatic carbocycles. The maximum absolute atomic E-state index is 12.0. The lowest BCUT2D eigenvalue weighted by Crippen LogP contribution is -2.66. The van der Waals surface area contributed by atoms with Gasteiger partial charge < -0.3 is 5.11 Å². The molecule has 0 amide bonds. The van der Waals surface area contributed by atoms with Gasteiger partial charge in [0.1, 0.15) is 0 Å². The van der Waals surface area contributed by atoms with Crippen molar-refractivity contribution in [3.63, 3.8) is 0 Å². The summed E-state index contributed by atoms with van der Waals surface area (Å²) in [5.74, 6) is 0.323. The van der Waals surface area contributed by atoms with Crippen molar-refractivity contribution in [2.75, 3.05) is 13.1 Å². The highest BCUT2D eigenvalue weighted by Gasteiger charge is 2.69. The SMILES string of the molecule is O=C(O)C1(C23CC(C2)C3)CCN(Cc2ccccc2)CC1. The molecule has 4 aliphatic rings. The largest absolute Gasteiger partial charge is 0.481 e. The lowest BCUT2D eigenvalue weighted by molar-refractivity contribution is -0.227. The van der Waals surface area contributed by atoms with Crippen molar-refractivity contribution >= 4 is 5.97 Å². The van der Waals surface area contributed by atoms with Gasteiger partial charge in [-0.15, -0.1) is 0 Å². The number of hydrogen-bond donors (Lipinski definition) is 1. The number of carboxylic acids is 1. The molecule has 4 fully saturated rings. The molecule has 0 spiro atoms. The first-order chi connectivity index (χ1) is 10.1. The van der Waals surface area contributed by atoms with Crippen LogP contribution in [0.4, 0.5) is 0 Å². The molecule has 0 unspecified atom stereocenters. The third-order valence-corrected chi connectivity index (χ3v) is 6.42. The smallest absolute Gasteiger partial charge is 0.310 e. The molecule has 0 radical (unpaired) electrons. The summed E-state index contributed by atoms with van der Waals surface area (Å²) < 4.78 is 0. The molecule has 1 saturated heterocycles. The van der Waals surface area contributed by atoms with E-state index in [1.165, 1.54) is 24.8 Å². The fraction of sp³-hybridized carbons (Fsp3) is 0.611. The fourth-order valence-electron chi connectivity index (χ4n) is 4.97. The third-order valence-electron chi connectivity index (χ3n) is 6.42. The number of carbonyl (C=O) groups is 1. The van der Waals surface area contributed by atoms with Crippen molar-refractivity contribution in [3.8, 4) is 0 Å². The van der Waals surface area contributed by atoms with Crippen molar-refractivity contribution in [2.45, 2.75) is 38.6 Å². The van der Waals surface area contributed by atoms with Gasteiger partial charge in [-0.3, -0.25) is 9.69 Å². The summed E-state index contributed by atoms with van der Waals surface area (Å²) >= 11 is 0. The molecule has 1 aliphatic heterocycles. The first-order valence-corrected chi connectivity index (χ1v) is 8.13. The highest BCUT2D eigenvalue weighted by molar-refractivity contribution is 5.77. The highest BCUT2D eigenvalue weighted by Crippen LogP contribution is 2.74. The summed E-state index contributed by atoms with van der Waals surface area (Å²) in [6.07, 6.45) is 5.21. The first kappa shape index (κ1) is 13.3. The Hall–Kier alpha value is -1.35. The van der Waals surface area contributed by atoms with E-state index < -0.39 is 11.4 Å². The lowest BCUT2D eigenvalue weighted by Gasteiger charge is -2.70. The van der Waals surface area contributed by atoms with E-state index in [-0.39, 0.29) is 5.41 Å². The molecular formula is C18H23NO2. The predicted octanol–water partition coefficient (Wildman–Crippen LogP) is 3.15. The van der Waals surface area contributed by atoms with Crippen LogP contribution in [0.2, 0.25) is 0 Å². The molecule has 5 rings (SSSR count). The summed E-state index contributed by atoms with van der Waals surface area (Å²) in [5.41, 5.74) is 1.07. The van der Waals surface area contributed by atoms with Crippen molar-refractivity contribution in [1.29, 1.82) is 0 Å². The lowest BCUT2D eigenvalue weighted by atomic mass is 9.34. The van der Waals surface area contributed by atoms with Gasteiger partial charge in [-0.2, -0.15) is 0 Å². The Morgan fingerprint density at radius 2 is 1.76 bits per heavy atom. The van der Waals surface area contributed by atoms with Crippen LogP contribution >= 0.6 is 0 Å². The molecule has 3 heteroatoms. The molecular weight excluding hydrogens is 262 g/mol. The van der Waals surface area contributed by atoms with Crippen LogP contribution in [0.25, 0.3) is 0 Å².